The molecule has 1 N–H and O–H groups in total. The van der Waals surface area contributed by atoms with Crippen LogP contribution in [0.1, 0.15) is 11.1 Å². The third kappa shape index (κ3) is 3.84. The number of halogens is 1. The maximum Gasteiger partial charge on any atom is 0.276 e. The summed E-state index contributed by atoms with van der Waals surface area (Å²) < 4.78 is 0. The lowest BCUT2D eigenvalue weighted by molar-refractivity contribution is -0.384. The second-order valence-corrected chi connectivity index (χ2v) is 6.18. The first kappa shape index (κ1) is 17.1. The standard InChI is InChI=1S/C17H12ClN3O3S/c18-13-5-1-12(2-6-13)10-20-16(22)15(19-17(20)25)9-11-3-7-14(8-4-11)21(23)24/h1-9H,10H2,(H,19,25). The van der Waals surface area contributed by atoms with Gasteiger partial charge in [-0.15, -0.1) is 0 Å². The summed E-state index contributed by atoms with van der Waals surface area (Å²) in [7, 11) is 0. The monoisotopic (exact) mass is 373 g/mol. The maximum absolute atomic E-state index is 12.5. The highest BCUT2D eigenvalue weighted by Gasteiger charge is 2.30. The second kappa shape index (κ2) is 7.00. The third-order valence-corrected chi connectivity index (χ3v) is 4.21. The van der Waals surface area contributed by atoms with E-state index >= 15 is 0 Å². The van der Waals surface area contributed by atoms with Gasteiger partial charge in [0.2, 0.25) is 0 Å². The molecule has 1 aliphatic heterocycles. The number of nitrogens with one attached hydrogen (secondary N) is 1. The van der Waals surface area contributed by atoms with Gasteiger partial charge in [0, 0.05) is 17.2 Å². The third-order valence-electron chi connectivity index (χ3n) is 3.63. The molecule has 2 aromatic rings. The largest absolute Gasteiger partial charge is 0.328 e. The van der Waals surface area contributed by atoms with Crippen molar-refractivity contribution in [1.82, 2.24) is 10.2 Å². The molecule has 0 aliphatic carbocycles. The molecular weight excluding hydrogens is 362 g/mol. The highest BCUT2D eigenvalue weighted by molar-refractivity contribution is 7.80. The van der Waals surface area contributed by atoms with Gasteiger partial charge in [0.05, 0.1) is 11.5 Å². The number of non-ortho nitro benzene ring substituents is 1. The quantitative estimate of drug-likeness (QED) is 0.384. The number of benzene rings is 2. The van der Waals surface area contributed by atoms with E-state index in [1.807, 2.05) is 12.1 Å². The molecule has 0 aromatic heterocycles. The zero-order valence-corrected chi connectivity index (χ0v) is 14.4. The van der Waals surface area contributed by atoms with Gasteiger partial charge in [-0.25, -0.2) is 0 Å². The number of thiocarbonyl (C=S) groups is 1. The van der Waals surface area contributed by atoms with Crippen molar-refractivity contribution in [2.45, 2.75) is 6.54 Å². The molecule has 0 radical (unpaired) electrons. The number of nitro benzene ring substituents is 1. The van der Waals surface area contributed by atoms with E-state index in [0.717, 1.165) is 5.56 Å². The minimum atomic E-state index is -0.473. The molecule has 1 fully saturated rings. The molecule has 0 atom stereocenters. The van der Waals surface area contributed by atoms with Gasteiger partial charge in [-0.2, -0.15) is 0 Å². The van der Waals surface area contributed by atoms with Crippen molar-refractivity contribution in [3.8, 4) is 0 Å². The molecule has 8 heteroatoms. The molecule has 0 spiro atoms. The Morgan fingerprint density at radius 1 is 1.16 bits per heavy atom. The molecule has 25 heavy (non-hydrogen) atoms. The van der Waals surface area contributed by atoms with Crippen LogP contribution in [0.5, 0.6) is 0 Å². The summed E-state index contributed by atoms with van der Waals surface area (Å²) in [4.78, 5) is 24.2. The van der Waals surface area contributed by atoms with Crippen molar-refractivity contribution in [1.29, 1.82) is 0 Å². The van der Waals surface area contributed by atoms with Crippen LogP contribution in [0, 0.1) is 10.1 Å². The van der Waals surface area contributed by atoms with Crippen LogP contribution in [-0.4, -0.2) is 20.8 Å². The SMILES string of the molecule is O=C1C(=Cc2ccc([N+](=O)[O-])cc2)NC(=S)N1Cc1ccc(Cl)cc1. The van der Waals surface area contributed by atoms with Crippen LogP contribution in [0.3, 0.4) is 0 Å². The van der Waals surface area contributed by atoms with Crippen LogP contribution >= 0.6 is 23.8 Å². The van der Waals surface area contributed by atoms with E-state index in [-0.39, 0.29) is 11.6 Å². The molecule has 0 unspecified atom stereocenters. The minimum absolute atomic E-state index is 0.00672. The summed E-state index contributed by atoms with van der Waals surface area (Å²) in [5.41, 5.74) is 1.89. The molecule has 1 aliphatic rings. The van der Waals surface area contributed by atoms with E-state index in [4.69, 9.17) is 23.8 Å². The number of carbonyl (C=O) groups is 1. The zero-order chi connectivity index (χ0) is 18.0. The fraction of sp³-hybridized carbons (Fsp3) is 0.0588. The lowest BCUT2D eigenvalue weighted by Gasteiger charge is -2.13. The van der Waals surface area contributed by atoms with Crippen LogP contribution in [0.25, 0.3) is 6.08 Å². The van der Waals surface area contributed by atoms with Gasteiger partial charge in [0.25, 0.3) is 11.6 Å². The second-order valence-electron chi connectivity index (χ2n) is 5.35. The highest BCUT2D eigenvalue weighted by atomic mass is 35.5. The lowest BCUT2D eigenvalue weighted by atomic mass is 10.1. The molecule has 126 valence electrons. The fourth-order valence-corrected chi connectivity index (χ4v) is 2.73. The molecule has 0 saturated carbocycles. The van der Waals surface area contributed by atoms with Gasteiger partial charge in [-0.05, 0) is 53.7 Å². The summed E-state index contributed by atoms with van der Waals surface area (Å²) in [6, 6.07) is 13.1. The maximum atomic E-state index is 12.5. The molecule has 1 heterocycles. The predicted octanol–water partition coefficient (Wildman–Crippen LogP) is 3.51. The number of nitro groups is 1. The van der Waals surface area contributed by atoms with Crippen LogP contribution < -0.4 is 5.32 Å². The van der Waals surface area contributed by atoms with Crippen molar-refractivity contribution in [2.75, 3.05) is 0 Å². The van der Waals surface area contributed by atoms with Crippen molar-refractivity contribution < 1.29 is 9.72 Å². The molecule has 3 rings (SSSR count). The number of rotatable bonds is 4. The van der Waals surface area contributed by atoms with Gasteiger partial charge >= 0.3 is 0 Å². The van der Waals surface area contributed by atoms with Crippen molar-refractivity contribution in [2.24, 2.45) is 0 Å². The van der Waals surface area contributed by atoms with Crippen molar-refractivity contribution >= 4 is 46.6 Å². The first-order valence-corrected chi connectivity index (χ1v) is 8.06. The summed E-state index contributed by atoms with van der Waals surface area (Å²) in [5.74, 6) is -0.252. The number of carbonyl (C=O) groups excluding carboxylic acids is 1. The molecule has 0 bridgehead atoms. The Hall–Kier alpha value is -2.77. The molecule has 1 amide bonds. The predicted molar refractivity (Wildman–Crippen MR) is 98.8 cm³/mol. The van der Waals surface area contributed by atoms with Crippen LogP contribution in [-0.2, 0) is 11.3 Å². The molecule has 2 aromatic carbocycles. The number of hydrogen-bond acceptors (Lipinski definition) is 4. The first-order valence-electron chi connectivity index (χ1n) is 7.27. The van der Waals surface area contributed by atoms with E-state index < -0.39 is 4.92 Å². The van der Waals surface area contributed by atoms with E-state index in [9.17, 15) is 14.9 Å². The van der Waals surface area contributed by atoms with Gasteiger partial charge in [0.15, 0.2) is 5.11 Å². The Morgan fingerprint density at radius 2 is 1.80 bits per heavy atom. The van der Waals surface area contributed by atoms with Crippen LogP contribution in [0.2, 0.25) is 5.02 Å². The number of amides is 1. The minimum Gasteiger partial charge on any atom is -0.328 e. The Kier molecular flexibility index (Phi) is 4.78. The van der Waals surface area contributed by atoms with Gasteiger partial charge in [0.1, 0.15) is 5.70 Å². The highest BCUT2D eigenvalue weighted by Crippen LogP contribution is 2.19. The van der Waals surface area contributed by atoms with E-state index in [0.29, 0.717) is 27.9 Å². The number of nitrogens with zero attached hydrogens (tertiary/aromatic N) is 2. The normalized spacial score (nSPS) is 15.6. The summed E-state index contributed by atoms with van der Waals surface area (Å²) in [6.45, 7) is 0.333. The van der Waals surface area contributed by atoms with E-state index in [1.165, 1.54) is 17.0 Å². The smallest absolute Gasteiger partial charge is 0.276 e. The Labute approximate surface area is 153 Å². The van der Waals surface area contributed by atoms with E-state index in [1.54, 1.807) is 30.3 Å². The fourth-order valence-electron chi connectivity index (χ4n) is 2.35. The molecular formula is C17H12ClN3O3S. The summed E-state index contributed by atoms with van der Waals surface area (Å²) in [5, 5.41) is 14.5. The van der Waals surface area contributed by atoms with Crippen LogP contribution in [0.15, 0.2) is 54.2 Å². The molecule has 6 nitrogen and oxygen atoms in total. The topological polar surface area (TPSA) is 75.5 Å². The van der Waals surface area contributed by atoms with Crippen molar-refractivity contribution in [3.63, 3.8) is 0 Å². The average molecular weight is 374 g/mol. The lowest BCUT2D eigenvalue weighted by Crippen LogP contribution is -2.29. The van der Waals surface area contributed by atoms with Crippen LogP contribution in [0.4, 0.5) is 5.69 Å². The Balaban J connectivity index is 1.78. The average Bonchev–Trinajstić information content (AvgIpc) is 2.85. The Bertz CT molecular complexity index is 879. The van der Waals surface area contributed by atoms with E-state index in [2.05, 4.69) is 5.32 Å². The number of hydrogen-bond donors (Lipinski definition) is 1. The van der Waals surface area contributed by atoms with Crippen molar-refractivity contribution in [3.05, 3.63) is 80.5 Å². The Morgan fingerprint density at radius 3 is 2.40 bits per heavy atom. The summed E-state index contributed by atoms with van der Waals surface area (Å²) >= 11 is 11.1. The summed E-state index contributed by atoms with van der Waals surface area (Å²) in [6.07, 6.45) is 1.61. The van der Waals surface area contributed by atoms with Gasteiger partial charge < -0.3 is 5.32 Å². The first-order chi connectivity index (χ1) is 11.9. The van der Waals surface area contributed by atoms with Gasteiger partial charge in [-0.1, -0.05) is 23.7 Å². The van der Waals surface area contributed by atoms with Gasteiger partial charge in [-0.3, -0.25) is 19.8 Å². The zero-order valence-electron chi connectivity index (χ0n) is 12.8. The molecule has 1 saturated heterocycles.